The Kier molecular flexibility index (Phi) is 4.12. The zero-order valence-electron chi connectivity index (χ0n) is 12.6. The summed E-state index contributed by atoms with van der Waals surface area (Å²) in [5, 5.41) is 13.3. The van der Waals surface area contributed by atoms with Crippen molar-refractivity contribution in [2.45, 2.75) is 44.4 Å². The molecule has 0 aromatic carbocycles. The molecule has 2 aromatic heterocycles. The van der Waals surface area contributed by atoms with E-state index in [4.69, 9.17) is 0 Å². The molecule has 2 atom stereocenters. The van der Waals surface area contributed by atoms with Crippen LogP contribution in [-0.4, -0.2) is 42.9 Å². The molecule has 0 saturated carbocycles. The summed E-state index contributed by atoms with van der Waals surface area (Å²) in [5.41, 5.74) is -0.0625. The Morgan fingerprint density at radius 1 is 1.45 bits per heavy atom. The van der Waals surface area contributed by atoms with Crippen molar-refractivity contribution < 1.29 is 5.11 Å². The standard InChI is InChI=1S/C14H21N5O3/c1-18-12-11(13(21)17-14(18)22)19(8-16-12)7-3-4-9-10(20)5-2-6-15-9/h8-10,15,20H,2-7H2,1H3,(H,17,21,22)/t9-,10+/m1/s1. The zero-order valence-corrected chi connectivity index (χ0v) is 12.6. The van der Waals surface area contributed by atoms with E-state index < -0.39 is 11.2 Å². The van der Waals surface area contributed by atoms with Gasteiger partial charge in [-0.15, -0.1) is 0 Å². The Labute approximate surface area is 126 Å². The molecule has 120 valence electrons. The number of H-pyrrole nitrogens is 1. The van der Waals surface area contributed by atoms with Gasteiger partial charge < -0.3 is 15.0 Å². The van der Waals surface area contributed by atoms with Gasteiger partial charge in [0.25, 0.3) is 5.56 Å². The predicted molar refractivity (Wildman–Crippen MR) is 81.9 cm³/mol. The molecule has 0 radical (unpaired) electrons. The first-order chi connectivity index (χ1) is 10.6. The van der Waals surface area contributed by atoms with Crippen LogP contribution in [0.3, 0.4) is 0 Å². The van der Waals surface area contributed by atoms with Crippen LogP contribution in [0.5, 0.6) is 0 Å². The summed E-state index contributed by atoms with van der Waals surface area (Å²) in [6.45, 7) is 1.57. The van der Waals surface area contributed by atoms with Gasteiger partial charge in [0.05, 0.1) is 12.4 Å². The largest absolute Gasteiger partial charge is 0.392 e. The Hall–Kier alpha value is -1.93. The first-order valence-corrected chi connectivity index (χ1v) is 7.63. The van der Waals surface area contributed by atoms with E-state index >= 15 is 0 Å². The Bertz CT molecular complexity index is 775. The van der Waals surface area contributed by atoms with Crippen LogP contribution >= 0.6 is 0 Å². The third-order valence-corrected chi connectivity index (χ3v) is 4.34. The van der Waals surface area contributed by atoms with Crippen molar-refractivity contribution in [2.75, 3.05) is 6.54 Å². The lowest BCUT2D eigenvalue weighted by molar-refractivity contribution is 0.0909. The van der Waals surface area contributed by atoms with E-state index in [1.165, 1.54) is 4.57 Å². The third kappa shape index (κ3) is 2.71. The fourth-order valence-corrected chi connectivity index (χ4v) is 3.07. The van der Waals surface area contributed by atoms with Gasteiger partial charge >= 0.3 is 5.69 Å². The molecule has 1 aliphatic heterocycles. The van der Waals surface area contributed by atoms with E-state index in [9.17, 15) is 14.7 Å². The number of aryl methyl sites for hydroxylation is 2. The van der Waals surface area contributed by atoms with Gasteiger partial charge in [0.15, 0.2) is 11.2 Å². The fraction of sp³-hybridized carbons (Fsp3) is 0.643. The number of nitrogens with zero attached hydrogens (tertiary/aromatic N) is 3. The Morgan fingerprint density at radius 2 is 2.27 bits per heavy atom. The van der Waals surface area contributed by atoms with E-state index in [-0.39, 0.29) is 12.1 Å². The SMILES string of the molecule is Cn1c(=O)[nH]c(=O)c2c1ncn2CCC[C@H]1NCCC[C@@H]1O. The first-order valence-electron chi connectivity index (χ1n) is 7.63. The minimum atomic E-state index is -0.461. The van der Waals surface area contributed by atoms with E-state index in [0.29, 0.717) is 17.7 Å². The maximum Gasteiger partial charge on any atom is 0.329 e. The minimum absolute atomic E-state index is 0.117. The molecular formula is C14H21N5O3. The summed E-state index contributed by atoms with van der Waals surface area (Å²) in [7, 11) is 1.58. The quantitative estimate of drug-likeness (QED) is 0.694. The highest BCUT2D eigenvalue weighted by Crippen LogP contribution is 2.14. The molecule has 0 spiro atoms. The number of rotatable bonds is 4. The third-order valence-electron chi connectivity index (χ3n) is 4.34. The summed E-state index contributed by atoms with van der Waals surface area (Å²) in [6.07, 6.45) is 4.80. The number of aliphatic hydroxyl groups excluding tert-OH is 1. The molecule has 3 rings (SSSR count). The number of aliphatic hydroxyl groups is 1. The number of aromatic nitrogens is 4. The molecule has 0 bridgehead atoms. The second-order valence-electron chi connectivity index (χ2n) is 5.84. The van der Waals surface area contributed by atoms with Crippen molar-refractivity contribution in [1.29, 1.82) is 0 Å². The van der Waals surface area contributed by atoms with Crippen molar-refractivity contribution in [3.05, 3.63) is 27.2 Å². The molecule has 8 nitrogen and oxygen atoms in total. The lowest BCUT2D eigenvalue weighted by Crippen LogP contribution is -2.44. The van der Waals surface area contributed by atoms with Crippen LogP contribution in [0.25, 0.3) is 11.2 Å². The van der Waals surface area contributed by atoms with Crippen LogP contribution in [0.1, 0.15) is 25.7 Å². The number of fused-ring (bicyclic) bond motifs is 1. The molecule has 1 fully saturated rings. The molecule has 0 aliphatic carbocycles. The van der Waals surface area contributed by atoms with Crippen LogP contribution < -0.4 is 16.6 Å². The van der Waals surface area contributed by atoms with Crippen molar-refractivity contribution in [1.82, 2.24) is 24.4 Å². The van der Waals surface area contributed by atoms with Gasteiger partial charge in [-0.05, 0) is 32.2 Å². The highest BCUT2D eigenvalue weighted by molar-refractivity contribution is 5.69. The van der Waals surface area contributed by atoms with Gasteiger partial charge in [0.2, 0.25) is 0 Å². The molecule has 22 heavy (non-hydrogen) atoms. The summed E-state index contributed by atoms with van der Waals surface area (Å²) < 4.78 is 3.10. The molecule has 2 aromatic rings. The maximum absolute atomic E-state index is 12.0. The van der Waals surface area contributed by atoms with Gasteiger partial charge in [-0.2, -0.15) is 0 Å². The number of hydrogen-bond acceptors (Lipinski definition) is 5. The summed E-state index contributed by atoms with van der Waals surface area (Å²) in [6, 6.07) is 0.117. The predicted octanol–water partition coefficient (Wildman–Crippen LogP) is -0.684. The van der Waals surface area contributed by atoms with Gasteiger partial charge in [0.1, 0.15) is 0 Å². The average Bonchev–Trinajstić information content (AvgIpc) is 2.91. The fourth-order valence-electron chi connectivity index (χ4n) is 3.07. The minimum Gasteiger partial charge on any atom is -0.392 e. The monoisotopic (exact) mass is 307 g/mol. The summed E-state index contributed by atoms with van der Waals surface area (Å²) >= 11 is 0. The van der Waals surface area contributed by atoms with Crippen molar-refractivity contribution in [2.24, 2.45) is 7.05 Å². The second-order valence-corrected chi connectivity index (χ2v) is 5.84. The highest BCUT2D eigenvalue weighted by atomic mass is 16.3. The van der Waals surface area contributed by atoms with Crippen LogP contribution in [0.15, 0.2) is 15.9 Å². The first kappa shape index (κ1) is 15.0. The molecule has 1 saturated heterocycles. The Morgan fingerprint density at radius 3 is 3.05 bits per heavy atom. The molecule has 1 aliphatic rings. The number of imidazole rings is 1. The Balaban J connectivity index is 1.73. The van der Waals surface area contributed by atoms with E-state index in [1.54, 1.807) is 17.9 Å². The second kappa shape index (κ2) is 6.05. The van der Waals surface area contributed by atoms with Crippen LogP contribution in [-0.2, 0) is 13.6 Å². The van der Waals surface area contributed by atoms with Crippen LogP contribution in [0.2, 0.25) is 0 Å². The highest BCUT2D eigenvalue weighted by Gasteiger charge is 2.22. The number of piperidine rings is 1. The molecule has 3 N–H and O–H groups in total. The molecule has 8 heteroatoms. The normalized spacial score (nSPS) is 22.3. The number of nitrogens with one attached hydrogen (secondary N) is 2. The lowest BCUT2D eigenvalue weighted by atomic mass is 9.97. The smallest absolute Gasteiger partial charge is 0.329 e. The van der Waals surface area contributed by atoms with Crippen LogP contribution in [0.4, 0.5) is 0 Å². The van der Waals surface area contributed by atoms with Gasteiger partial charge in [-0.3, -0.25) is 14.3 Å². The number of aromatic amines is 1. The van der Waals surface area contributed by atoms with Gasteiger partial charge in [-0.1, -0.05) is 0 Å². The molecule has 0 unspecified atom stereocenters. The van der Waals surface area contributed by atoms with Gasteiger partial charge in [-0.25, -0.2) is 9.78 Å². The molecule has 0 amide bonds. The maximum atomic E-state index is 12.0. The summed E-state index contributed by atoms with van der Waals surface area (Å²) in [5.74, 6) is 0. The van der Waals surface area contributed by atoms with Crippen LogP contribution in [0, 0.1) is 0 Å². The number of hydrogen-bond donors (Lipinski definition) is 3. The topological polar surface area (TPSA) is 105 Å². The van der Waals surface area contributed by atoms with E-state index in [1.807, 2.05) is 0 Å². The zero-order chi connectivity index (χ0) is 15.7. The summed E-state index contributed by atoms with van der Waals surface area (Å²) in [4.78, 5) is 30.0. The van der Waals surface area contributed by atoms with Crippen molar-refractivity contribution >= 4 is 11.2 Å². The van der Waals surface area contributed by atoms with Gasteiger partial charge in [0, 0.05) is 19.6 Å². The van der Waals surface area contributed by atoms with E-state index in [2.05, 4.69) is 15.3 Å². The molecule has 3 heterocycles. The lowest BCUT2D eigenvalue weighted by Gasteiger charge is -2.28. The van der Waals surface area contributed by atoms with Crippen molar-refractivity contribution in [3.63, 3.8) is 0 Å². The molecular weight excluding hydrogens is 286 g/mol. The average molecular weight is 307 g/mol. The van der Waals surface area contributed by atoms with E-state index in [0.717, 1.165) is 32.2 Å². The van der Waals surface area contributed by atoms with Crippen molar-refractivity contribution in [3.8, 4) is 0 Å².